The minimum atomic E-state index is -1.53. The Bertz CT molecular complexity index is 133. The highest BCUT2D eigenvalue weighted by Gasteiger charge is 2.32. The summed E-state index contributed by atoms with van der Waals surface area (Å²) in [6.07, 6.45) is 0. The third kappa shape index (κ3) is 4.14. The summed E-state index contributed by atoms with van der Waals surface area (Å²) in [6, 6.07) is 0. The summed E-state index contributed by atoms with van der Waals surface area (Å²) in [5.74, 6) is -0.563. The molecule has 0 N–H and O–H groups in total. The number of hydrogen-bond donors (Lipinski definition) is 0. The topological polar surface area (TPSA) is 43.1 Å². The molecule has 0 heterocycles. The van der Waals surface area contributed by atoms with Gasteiger partial charge in [0, 0.05) is 4.92 Å². The first-order valence-corrected chi connectivity index (χ1v) is 3.66. The fourth-order valence-electron chi connectivity index (χ4n) is 0.327. The minimum Gasteiger partial charge on any atom is -0.265 e. The van der Waals surface area contributed by atoms with E-state index in [1.54, 1.807) is 0 Å². The van der Waals surface area contributed by atoms with Crippen LogP contribution in [0.3, 0.4) is 0 Å². The molecule has 0 saturated heterocycles. The first kappa shape index (κ1) is 10.3. The Labute approximate surface area is 73.4 Å². The summed E-state index contributed by atoms with van der Waals surface area (Å²) < 4.78 is -1.53. The van der Waals surface area contributed by atoms with E-state index in [0.29, 0.717) is 0 Å². The van der Waals surface area contributed by atoms with Crippen LogP contribution in [-0.4, -0.2) is 15.3 Å². The van der Waals surface area contributed by atoms with Crippen molar-refractivity contribution in [1.82, 2.24) is 0 Å². The molecule has 1 atom stereocenters. The van der Waals surface area contributed by atoms with Gasteiger partial charge in [-0.3, -0.25) is 10.1 Å². The first-order chi connectivity index (χ1) is 4.34. The molecule has 60 valence electrons. The maximum absolute atomic E-state index is 9.89. The maximum atomic E-state index is 9.89. The van der Waals surface area contributed by atoms with Gasteiger partial charge in [-0.15, -0.1) is 0 Å². The molecule has 0 fully saturated rings. The van der Waals surface area contributed by atoms with Crippen molar-refractivity contribution < 1.29 is 4.92 Å². The monoisotopic (exact) mass is 205 g/mol. The van der Waals surface area contributed by atoms with Gasteiger partial charge in [0.1, 0.15) is 0 Å². The molecule has 0 spiro atoms. The second-order valence-corrected chi connectivity index (χ2v) is 4.33. The summed E-state index contributed by atoms with van der Waals surface area (Å²) in [7, 11) is 0. The third-order valence-electron chi connectivity index (χ3n) is 0.982. The van der Waals surface area contributed by atoms with Crippen LogP contribution in [0.25, 0.3) is 0 Å². The van der Waals surface area contributed by atoms with Crippen LogP contribution in [0.1, 0.15) is 6.92 Å². The highest BCUT2D eigenvalue weighted by atomic mass is 35.6. The average molecular weight is 206 g/mol. The van der Waals surface area contributed by atoms with E-state index in [0.717, 1.165) is 0 Å². The van der Waals surface area contributed by atoms with Gasteiger partial charge in [0.05, 0.1) is 5.92 Å². The zero-order valence-electron chi connectivity index (χ0n) is 5.18. The summed E-state index contributed by atoms with van der Waals surface area (Å²) in [4.78, 5) is 9.38. The van der Waals surface area contributed by atoms with E-state index in [9.17, 15) is 10.1 Å². The maximum Gasteiger partial charge on any atom is 0.210 e. The van der Waals surface area contributed by atoms with E-state index in [1.165, 1.54) is 6.92 Å². The van der Waals surface area contributed by atoms with E-state index in [2.05, 4.69) is 0 Å². The second-order valence-electron chi connectivity index (χ2n) is 1.96. The molecule has 1 unspecified atom stereocenters. The van der Waals surface area contributed by atoms with Gasteiger partial charge in [0.25, 0.3) is 0 Å². The predicted octanol–water partition coefficient (Wildman–Crippen LogP) is 2.27. The molecule has 0 bridgehead atoms. The van der Waals surface area contributed by atoms with Gasteiger partial charge < -0.3 is 0 Å². The van der Waals surface area contributed by atoms with Gasteiger partial charge in [-0.2, -0.15) is 0 Å². The van der Waals surface area contributed by atoms with E-state index in [4.69, 9.17) is 34.8 Å². The molecule has 0 aromatic rings. The van der Waals surface area contributed by atoms with Crippen LogP contribution in [-0.2, 0) is 0 Å². The summed E-state index contributed by atoms with van der Waals surface area (Å²) in [6.45, 7) is 1.19. The lowest BCUT2D eigenvalue weighted by atomic mass is 10.2. The Kier molecular flexibility index (Phi) is 3.70. The second kappa shape index (κ2) is 3.60. The Morgan fingerprint density at radius 3 is 2.10 bits per heavy atom. The number of halogens is 3. The third-order valence-corrected chi connectivity index (χ3v) is 2.10. The molecule has 0 saturated carbocycles. The Morgan fingerprint density at radius 2 is 2.00 bits per heavy atom. The number of nitro groups is 1. The van der Waals surface area contributed by atoms with E-state index < -0.39 is 14.6 Å². The molecule has 6 heteroatoms. The molecular weight excluding hydrogens is 200 g/mol. The van der Waals surface area contributed by atoms with E-state index in [-0.39, 0.29) is 6.54 Å². The largest absolute Gasteiger partial charge is 0.265 e. The normalized spacial score (nSPS) is 14.8. The Morgan fingerprint density at radius 1 is 1.60 bits per heavy atom. The van der Waals surface area contributed by atoms with Crippen LogP contribution in [0.15, 0.2) is 0 Å². The van der Waals surface area contributed by atoms with Crippen LogP contribution in [0, 0.1) is 16.0 Å². The fraction of sp³-hybridized carbons (Fsp3) is 1.00. The van der Waals surface area contributed by atoms with Crippen LogP contribution in [0.5, 0.6) is 0 Å². The molecule has 0 radical (unpaired) electrons. The summed E-state index contributed by atoms with van der Waals surface area (Å²) in [5, 5.41) is 9.89. The quantitative estimate of drug-likeness (QED) is 0.395. The SMILES string of the molecule is CC(C[N+](=O)[O-])C(Cl)(Cl)Cl. The zero-order valence-corrected chi connectivity index (χ0v) is 7.45. The fourth-order valence-corrected chi connectivity index (χ4v) is 0.534. The minimum absolute atomic E-state index is 0.323. The van der Waals surface area contributed by atoms with Crippen molar-refractivity contribution in [2.24, 2.45) is 5.92 Å². The highest BCUT2D eigenvalue weighted by Crippen LogP contribution is 2.34. The molecule has 0 amide bonds. The van der Waals surface area contributed by atoms with Gasteiger partial charge in [0.15, 0.2) is 3.79 Å². The van der Waals surface area contributed by atoms with Crippen molar-refractivity contribution in [3.05, 3.63) is 10.1 Å². The predicted molar refractivity (Wildman–Crippen MR) is 41.3 cm³/mol. The van der Waals surface area contributed by atoms with E-state index in [1.807, 2.05) is 0 Å². The van der Waals surface area contributed by atoms with Crippen LogP contribution >= 0.6 is 34.8 Å². The summed E-state index contributed by atoms with van der Waals surface area (Å²) >= 11 is 16.1. The Balaban J connectivity index is 3.85. The van der Waals surface area contributed by atoms with Crippen LogP contribution in [0.2, 0.25) is 0 Å². The van der Waals surface area contributed by atoms with Gasteiger partial charge >= 0.3 is 0 Å². The number of alkyl halides is 3. The van der Waals surface area contributed by atoms with Crippen molar-refractivity contribution in [3.8, 4) is 0 Å². The van der Waals surface area contributed by atoms with Crippen LogP contribution in [0.4, 0.5) is 0 Å². The van der Waals surface area contributed by atoms with Gasteiger partial charge in [-0.1, -0.05) is 41.7 Å². The van der Waals surface area contributed by atoms with Crippen molar-refractivity contribution in [3.63, 3.8) is 0 Å². The molecule has 0 rings (SSSR count). The molecular formula is C4H6Cl3NO2. The van der Waals surface area contributed by atoms with Gasteiger partial charge in [-0.05, 0) is 0 Å². The summed E-state index contributed by atoms with van der Waals surface area (Å²) in [5.41, 5.74) is 0. The molecule has 0 aliphatic heterocycles. The van der Waals surface area contributed by atoms with Crippen molar-refractivity contribution in [1.29, 1.82) is 0 Å². The number of hydrogen-bond acceptors (Lipinski definition) is 2. The highest BCUT2D eigenvalue weighted by molar-refractivity contribution is 6.67. The molecule has 0 aliphatic carbocycles. The Hall–Kier alpha value is 0.270. The van der Waals surface area contributed by atoms with Crippen LogP contribution < -0.4 is 0 Å². The van der Waals surface area contributed by atoms with Crippen molar-refractivity contribution in [2.75, 3.05) is 6.54 Å². The number of nitrogens with zero attached hydrogens (tertiary/aromatic N) is 1. The zero-order chi connectivity index (χ0) is 8.36. The molecule has 0 aromatic carbocycles. The molecule has 3 nitrogen and oxygen atoms in total. The lowest BCUT2D eigenvalue weighted by Crippen LogP contribution is -2.23. The average Bonchev–Trinajstić information content (AvgIpc) is 1.60. The van der Waals surface area contributed by atoms with E-state index >= 15 is 0 Å². The molecule has 10 heavy (non-hydrogen) atoms. The van der Waals surface area contributed by atoms with Crippen molar-refractivity contribution in [2.45, 2.75) is 10.7 Å². The molecule has 0 aliphatic rings. The first-order valence-electron chi connectivity index (χ1n) is 2.52. The molecule has 0 aromatic heterocycles. The number of rotatable bonds is 2. The standard InChI is InChI=1S/C4H6Cl3NO2/c1-3(2-8(9)10)4(5,6)7/h3H,2H2,1H3. The van der Waals surface area contributed by atoms with Gasteiger partial charge in [0.2, 0.25) is 6.54 Å². The smallest absolute Gasteiger partial charge is 0.210 e. The lowest BCUT2D eigenvalue weighted by Gasteiger charge is -2.15. The van der Waals surface area contributed by atoms with Crippen molar-refractivity contribution >= 4 is 34.8 Å². The lowest BCUT2D eigenvalue weighted by molar-refractivity contribution is -0.487. The van der Waals surface area contributed by atoms with Gasteiger partial charge in [-0.25, -0.2) is 0 Å².